The van der Waals surface area contributed by atoms with Crippen LogP contribution in [0.15, 0.2) is 0 Å². The van der Waals surface area contributed by atoms with Crippen LogP contribution in [0.4, 0.5) is 0 Å². The van der Waals surface area contributed by atoms with Crippen molar-refractivity contribution in [1.82, 2.24) is 0 Å². The Balaban J connectivity index is 0.0000000910. The summed E-state index contributed by atoms with van der Waals surface area (Å²) in [7, 11) is 0. The Morgan fingerprint density at radius 2 is 1.31 bits per heavy atom. The van der Waals surface area contributed by atoms with Crippen molar-refractivity contribution in [2.45, 2.75) is 187 Å². The molecule has 12 bridgehead atoms. The summed E-state index contributed by atoms with van der Waals surface area (Å²) >= 11 is 0. The van der Waals surface area contributed by atoms with E-state index in [4.69, 9.17) is 14.2 Å². The van der Waals surface area contributed by atoms with Gasteiger partial charge in [-0.3, -0.25) is 19.2 Å². The van der Waals surface area contributed by atoms with Crippen LogP contribution in [0.2, 0.25) is 0 Å². The van der Waals surface area contributed by atoms with Crippen LogP contribution in [-0.2, 0) is 33.4 Å². The van der Waals surface area contributed by atoms with Crippen molar-refractivity contribution < 1.29 is 38.5 Å². The highest BCUT2D eigenvalue weighted by molar-refractivity contribution is 5.85. The fourth-order valence-corrected chi connectivity index (χ4v) is 15.8. The highest BCUT2D eigenvalue weighted by atomic mass is 16.6. The third kappa shape index (κ3) is 7.09. The quantitative estimate of drug-likeness (QED) is 0.265. The number of hydrogen-bond acceptors (Lipinski definition) is 8. The van der Waals surface area contributed by atoms with Crippen LogP contribution in [0.3, 0.4) is 0 Å². The number of esters is 2. The maximum Gasteiger partial charge on any atom is 0.312 e. The molecule has 15 rings (SSSR count). The van der Waals surface area contributed by atoms with E-state index in [0.29, 0.717) is 70.1 Å². The first kappa shape index (κ1) is 38.7. The molecule has 306 valence electrons. The van der Waals surface area contributed by atoms with Crippen LogP contribution < -0.4 is 0 Å². The molecule has 14 atom stereocenters. The number of ketones is 2. The normalized spacial score (nSPS) is 53.1. The first-order valence-corrected chi connectivity index (χ1v) is 23.0. The molecule has 0 aromatic heterocycles. The lowest BCUT2D eigenvalue weighted by Crippen LogP contribution is -2.55. The third-order valence-corrected chi connectivity index (χ3v) is 18.1. The molecule has 12 unspecified atom stereocenters. The Kier molecular flexibility index (Phi) is 9.99. The van der Waals surface area contributed by atoms with E-state index in [1.165, 1.54) is 64.2 Å². The first-order valence-electron chi connectivity index (χ1n) is 23.0. The average Bonchev–Trinajstić information content (AvgIpc) is 3.95. The van der Waals surface area contributed by atoms with E-state index in [1.54, 1.807) is 0 Å². The van der Waals surface area contributed by atoms with Crippen molar-refractivity contribution in [1.29, 1.82) is 0 Å². The minimum atomic E-state index is -0.236. The zero-order valence-corrected chi connectivity index (χ0v) is 34.5. The van der Waals surface area contributed by atoms with Gasteiger partial charge < -0.3 is 19.3 Å². The predicted molar refractivity (Wildman–Crippen MR) is 206 cm³/mol. The molecule has 8 nitrogen and oxygen atoms in total. The molecule has 0 radical (unpaired) electrons. The van der Waals surface area contributed by atoms with Gasteiger partial charge in [-0.1, -0.05) is 41.0 Å². The van der Waals surface area contributed by atoms with Gasteiger partial charge in [-0.05, 0) is 149 Å². The number of hydrogen-bond donors (Lipinski definition) is 1. The van der Waals surface area contributed by atoms with Gasteiger partial charge in [0.05, 0.1) is 23.5 Å². The summed E-state index contributed by atoms with van der Waals surface area (Å²) in [6.07, 6.45) is 23.1. The molecular weight excluding hydrogens is 693 g/mol. The number of fused-ring (bicyclic) bond motifs is 2. The Morgan fingerprint density at radius 3 is 1.84 bits per heavy atom. The molecule has 0 spiro atoms. The molecule has 8 heteroatoms. The number of aliphatic hydroxyl groups is 1. The summed E-state index contributed by atoms with van der Waals surface area (Å²) in [5.41, 5.74) is 0.878. The fraction of sp³-hybridized carbons (Fsp3) is 0.915. The van der Waals surface area contributed by atoms with E-state index in [2.05, 4.69) is 34.6 Å². The Labute approximate surface area is 329 Å². The van der Waals surface area contributed by atoms with E-state index >= 15 is 0 Å². The number of carbonyl (C=O) groups is 4. The van der Waals surface area contributed by atoms with E-state index in [-0.39, 0.29) is 35.7 Å². The van der Waals surface area contributed by atoms with Crippen LogP contribution >= 0.6 is 0 Å². The highest BCUT2D eigenvalue weighted by Crippen LogP contribution is 2.63. The van der Waals surface area contributed by atoms with E-state index in [9.17, 15) is 24.3 Å². The average molecular weight is 763 g/mol. The van der Waals surface area contributed by atoms with Gasteiger partial charge in [-0.15, -0.1) is 0 Å². The van der Waals surface area contributed by atoms with Gasteiger partial charge in [0.25, 0.3) is 0 Å². The van der Waals surface area contributed by atoms with Crippen LogP contribution in [0.25, 0.3) is 0 Å². The lowest BCUT2D eigenvalue weighted by molar-refractivity contribution is -0.164. The van der Waals surface area contributed by atoms with Gasteiger partial charge in [-0.2, -0.15) is 0 Å². The van der Waals surface area contributed by atoms with Crippen molar-refractivity contribution >= 4 is 23.5 Å². The lowest BCUT2D eigenvalue weighted by Gasteiger charge is -2.60. The maximum atomic E-state index is 11.7. The van der Waals surface area contributed by atoms with Gasteiger partial charge in [-0.25, -0.2) is 0 Å². The van der Waals surface area contributed by atoms with Crippen molar-refractivity contribution in [3.63, 3.8) is 0 Å². The predicted octanol–water partition coefficient (Wildman–Crippen LogP) is 8.43. The number of Topliss-reactive ketones (excluding diaryl/α,β-unsaturated/α-hetero) is 2. The van der Waals surface area contributed by atoms with Crippen LogP contribution in [0.1, 0.15) is 157 Å². The number of rotatable bonds is 1. The number of carbonyl (C=O) groups excluding carboxylic acids is 4. The molecule has 15 aliphatic rings. The smallest absolute Gasteiger partial charge is 0.312 e. The summed E-state index contributed by atoms with van der Waals surface area (Å²) < 4.78 is 16.1. The second-order valence-electron chi connectivity index (χ2n) is 22.3. The maximum absolute atomic E-state index is 11.7. The zero-order chi connectivity index (χ0) is 38.6. The second-order valence-corrected chi connectivity index (χ2v) is 22.3. The van der Waals surface area contributed by atoms with E-state index in [1.807, 2.05) is 0 Å². The summed E-state index contributed by atoms with van der Waals surface area (Å²) in [6.45, 7) is 11.3. The summed E-state index contributed by atoms with van der Waals surface area (Å²) in [4.78, 5) is 44.7. The lowest BCUT2D eigenvalue weighted by atomic mass is 9.47. The highest BCUT2D eigenvalue weighted by Gasteiger charge is 2.62. The Bertz CT molecular complexity index is 1450. The Hall–Kier alpha value is -1.80. The molecule has 4 aliphatic heterocycles. The minimum Gasteiger partial charge on any atom is -0.462 e. The van der Waals surface area contributed by atoms with Crippen molar-refractivity contribution in [2.75, 3.05) is 0 Å². The summed E-state index contributed by atoms with van der Waals surface area (Å²) in [5.74, 6) is 8.33. The van der Waals surface area contributed by atoms with Gasteiger partial charge >= 0.3 is 11.9 Å². The van der Waals surface area contributed by atoms with Crippen LogP contribution in [-0.4, -0.2) is 58.6 Å². The van der Waals surface area contributed by atoms with Crippen LogP contribution in [0.5, 0.6) is 0 Å². The van der Waals surface area contributed by atoms with Gasteiger partial charge in [0.2, 0.25) is 0 Å². The monoisotopic (exact) mass is 763 g/mol. The molecule has 4 saturated heterocycles. The first-order chi connectivity index (χ1) is 26.1. The van der Waals surface area contributed by atoms with Crippen molar-refractivity contribution in [3.05, 3.63) is 0 Å². The van der Waals surface area contributed by atoms with Crippen LogP contribution in [0, 0.1) is 81.8 Å². The molecule has 11 saturated carbocycles. The molecule has 11 aliphatic carbocycles. The third-order valence-electron chi connectivity index (χ3n) is 18.1. The minimum absolute atomic E-state index is 0.0353. The van der Waals surface area contributed by atoms with Gasteiger partial charge in [0.1, 0.15) is 29.9 Å². The Morgan fingerprint density at radius 1 is 0.673 bits per heavy atom. The molecule has 0 amide bonds. The summed E-state index contributed by atoms with van der Waals surface area (Å²) in [5, 5.41) is 10.4. The van der Waals surface area contributed by atoms with E-state index in [0.717, 1.165) is 87.4 Å². The SMILES string of the molecule is CC12CC3CC(C1)C(=O)C(C3)C2.CC1CCC(=O)CC1.CCC12CC3CC(CC(O)(C3)C1)C2.C[C@@H]1C2CC3C(=O)OC1C3C2.C[C@@H]1C2CC3C(=O)OC1C3O2. The van der Waals surface area contributed by atoms with E-state index < -0.39 is 0 Å². The fourth-order valence-electron chi connectivity index (χ4n) is 15.8. The largest absolute Gasteiger partial charge is 0.462 e. The zero-order valence-electron chi connectivity index (χ0n) is 34.5. The molecule has 1 N–H and O–H groups in total. The van der Waals surface area contributed by atoms with Crippen molar-refractivity contribution in [3.8, 4) is 0 Å². The topological polar surface area (TPSA) is 116 Å². The molecule has 0 aromatic rings. The molecular formula is C47H70O8. The van der Waals surface area contributed by atoms with Crippen molar-refractivity contribution in [2.24, 2.45) is 81.8 Å². The summed E-state index contributed by atoms with van der Waals surface area (Å²) in [6, 6.07) is 0. The van der Waals surface area contributed by atoms with Gasteiger partial charge in [0, 0.05) is 36.5 Å². The second kappa shape index (κ2) is 14.2. The molecule has 4 heterocycles. The standard InChI is InChI=1S/C12H20O.C11H16O.C9H12O2.C8H10O3.C7H12O/c1-2-11-4-9-3-10(5-11)7-12(13,6-9)8-11;1-11-4-7-2-8(5-11)10(12)9(3-7)6-11;1-4-5-2-6-7(3-5)9(10)11-8(4)6;1-3-5-2-4-7(10-5)6(3)11-8(4)9;1-6-2-4-7(8)5-3-6/h9-10,13H,2-8H2,1H3;7-9H,2-6H2,1H3;4-8H,2-3H2,1H3;3-7H,2H2,1H3;6H,2-5H2,1H3/t;;4-,5?,6?,7?,8?;3-,4?,5?,6?,7?;/m..11./s1. The molecule has 15 fully saturated rings. The van der Waals surface area contributed by atoms with Gasteiger partial charge in [0.15, 0.2) is 0 Å². The number of ether oxygens (including phenoxy) is 3. The molecule has 0 aromatic carbocycles. The molecule has 55 heavy (non-hydrogen) atoms.